The highest BCUT2D eigenvalue weighted by molar-refractivity contribution is 9.11. The third kappa shape index (κ3) is 5.96. The lowest BCUT2D eigenvalue weighted by Crippen LogP contribution is -2.25. The van der Waals surface area contributed by atoms with Crippen LogP contribution in [0.3, 0.4) is 0 Å². The summed E-state index contributed by atoms with van der Waals surface area (Å²) in [5.74, 6) is 0.741. The summed E-state index contributed by atoms with van der Waals surface area (Å²) in [6.07, 6.45) is 6.59. The van der Waals surface area contributed by atoms with Crippen LogP contribution in [-0.4, -0.2) is 24.7 Å². The van der Waals surface area contributed by atoms with E-state index in [-0.39, 0.29) is 17.4 Å². The zero-order chi connectivity index (χ0) is 20.8. The summed E-state index contributed by atoms with van der Waals surface area (Å²) in [4.78, 5) is 12.8. The van der Waals surface area contributed by atoms with Crippen LogP contribution in [-0.2, 0) is 6.54 Å². The van der Waals surface area contributed by atoms with Crippen molar-refractivity contribution >= 4 is 43.5 Å². The van der Waals surface area contributed by atoms with Crippen LogP contribution in [0, 0.1) is 5.92 Å². The molecule has 29 heavy (non-hydrogen) atoms. The molecule has 3 rings (SSSR count). The summed E-state index contributed by atoms with van der Waals surface area (Å²) in [6.45, 7) is 1.66. The van der Waals surface area contributed by atoms with Crippen molar-refractivity contribution in [1.29, 1.82) is 0 Å². The molecule has 0 unspecified atom stereocenters. The van der Waals surface area contributed by atoms with Crippen molar-refractivity contribution in [2.24, 2.45) is 5.92 Å². The minimum atomic E-state index is -0.264. The predicted octanol–water partition coefficient (Wildman–Crippen LogP) is 5.85. The Bertz CT molecular complexity index is 867. The molecule has 0 bridgehead atoms. The Morgan fingerprint density at radius 3 is 2.66 bits per heavy atom. The van der Waals surface area contributed by atoms with Crippen LogP contribution in [0.1, 0.15) is 48.0 Å². The number of amides is 1. The van der Waals surface area contributed by atoms with Crippen LogP contribution in [0.15, 0.2) is 39.3 Å². The predicted molar refractivity (Wildman–Crippen MR) is 123 cm³/mol. The van der Waals surface area contributed by atoms with E-state index in [0.717, 1.165) is 32.7 Å². The first-order valence-electron chi connectivity index (χ1n) is 9.85. The number of carbonyl (C=O) groups excluding carboxylic acids is 1. The molecule has 0 aromatic heterocycles. The first kappa shape index (κ1) is 22.1. The zero-order valence-corrected chi connectivity index (χ0v) is 19.6. The van der Waals surface area contributed by atoms with E-state index in [1.54, 1.807) is 6.07 Å². The van der Waals surface area contributed by atoms with E-state index in [4.69, 9.17) is 4.74 Å². The maximum atomic E-state index is 12.8. The number of phenols is 1. The average molecular weight is 526 g/mol. The van der Waals surface area contributed by atoms with Gasteiger partial charge in [0.1, 0.15) is 0 Å². The second kappa shape index (κ2) is 10.5. The van der Waals surface area contributed by atoms with Crippen LogP contribution in [0.2, 0.25) is 0 Å². The molecule has 2 aromatic rings. The summed E-state index contributed by atoms with van der Waals surface area (Å²) in [6, 6.07) is 8.49. The monoisotopic (exact) mass is 524 g/mol. The van der Waals surface area contributed by atoms with Crippen molar-refractivity contribution in [3.63, 3.8) is 0 Å². The van der Waals surface area contributed by atoms with Crippen molar-refractivity contribution < 1.29 is 14.6 Å². The molecule has 1 amide bonds. The average Bonchev–Trinajstić information content (AvgIpc) is 2.71. The van der Waals surface area contributed by atoms with Crippen LogP contribution >= 0.6 is 31.9 Å². The third-order valence-corrected chi connectivity index (χ3v) is 6.37. The summed E-state index contributed by atoms with van der Waals surface area (Å²) < 4.78 is 6.86. The Hall–Kier alpha value is -1.57. The molecule has 0 atom stereocenters. The molecule has 0 aliphatic heterocycles. The van der Waals surface area contributed by atoms with Gasteiger partial charge in [-0.15, -0.1) is 0 Å². The molecule has 2 aromatic carbocycles. The molecule has 5 nitrogen and oxygen atoms in total. The number of anilines is 1. The van der Waals surface area contributed by atoms with Gasteiger partial charge in [0, 0.05) is 21.1 Å². The van der Waals surface area contributed by atoms with Crippen molar-refractivity contribution in [2.45, 2.75) is 38.6 Å². The van der Waals surface area contributed by atoms with Crippen LogP contribution < -0.4 is 15.4 Å². The fourth-order valence-electron chi connectivity index (χ4n) is 3.71. The van der Waals surface area contributed by atoms with E-state index >= 15 is 0 Å². The number of rotatable bonds is 7. The molecule has 3 N–H and O–H groups in total. The van der Waals surface area contributed by atoms with Gasteiger partial charge in [-0.25, -0.2) is 0 Å². The largest absolute Gasteiger partial charge is 0.504 e. The number of aromatic hydroxyl groups is 1. The molecule has 1 aliphatic rings. The van der Waals surface area contributed by atoms with Gasteiger partial charge in [-0.3, -0.25) is 4.79 Å². The highest BCUT2D eigenvalue weighted by Crippen LogP contribution is 2.32. The van der Waals surface area contributed by atoms with E-state index in [9.17, 15) is 9.90 Å². The molecular formula is C22H26Br2N2O3. The Labute approximate surface area is 188 Å². The number of carbonyl (C=O) groups is 1. The SMILES string of the molecule is COc1cc(C(=O)Nc2c(Br)cc(Br)cc2CNCC2CCCCC2)ccc1O. The van der Waals surface area contributed by atoms with E-state index in [2.05, 4.69) is 42.5 Å². The minimum Gasteiger partial charge on any atom is -0.504 e. The zero-order valence-electron chi connectivity index (χ0n) is 16.4. The number of nitrogens with one attached hydrogen (secondary N) is 2. The van der Waals surface area contributed by atoms with Crippen molar-refractivity contribution in [3.8, 4) is 11.5 Å². The normalized spacial score (nSPS) is 14.6. The van der Waals surface area contributed by atoms with E-state index in [1.807, 2.05) is 12.1 Å². The number of hydrogen-bond donors (Lipinski definition) is 3. The first-order chi connectivity index (χ1) is 14.0. The summed E-state index contributed by atoms with van der Waals surface area (Å²) in [5.41, 5.74) is 2.15. The van der Waals surface area contributed by atoms with E-state index in [0.29, 0.717) is 12.1 Å². The van der Waals surface area contributed by atoms with Gasteiger partial charge in [-0.1, -0.05) is 35.2 Å². The lowest BCUT2D eigenvalue weighted by molar-refractivity contribution is 0.102. The number of phenolic OH excluding ortho intramolecular Hbond substituents is 1. The summed E-state index contributed by atoms with van der Waals surface area (Å²) >= 11 is 7.11. The number of hydrogen-bond acceptors (Lipinski definition) is 4. The van der Waals surface area contributed by atoms with Crippen molar-refractivity contribution in [1.82, 2.24) is 5.32 Å². The summed E-state index contributed by atoms with van der Waals surface area (Å²) in [5, 5.41) is 16.3. The van der Waals surface area contributed by atoms with E-state index in [1.165, 1.54) is 51.3 Å². The Morgan fingerprint density at radius 2 is 1.93 bits per heavy atom. The number of halogens is 2. The Morgan fingerprint density at radius 1 is 1.17 bits per heavy atom. The molecule has 1 aliphatic carbocycles. The fourth-order valence-corrected chi connectivity index (χ4v) is 5.13. The van der Waals surface area contributed by atoms with Gasteiger partial charge in [0.05, 0.1) is 12.8 Å². The molecule has 7 heteroatoms. The molecule has 0 saturated heterocycles. The maximum Gasteiger partial charge on any atom is 0.255 e. The molecule has 1 fully saturated rings. The third-order valence-electron chi connectivity index (χ3n) is 5.29. The number of benzene rings is 2. The van der Waals surface area contributed by atoms with Crippen molar-refractivity contribution in [3.05, 3.63) is 50.4 Å². The van der Waals surface area contributed by atoms with Gasteiger partial charge in [0.25, 0.3) is 5.91 Å². The van der Waals surface area contributed by atoms with Gasteiger partial charge in [-0.05, 0) is 77.1 Å². The lowest BCUT2D eigenvalue weighted by atomic mass is 9.89. The Balaban J connectivity index is 1.73. The van der Waals surface area contributed by atoms with Crippen LogP contribution in [0.4, 0.5) is 5.69 Å². The number of ether oxygens (including phenoxy) is 1. The highest BCUT2D eigenvalue weighted by Gasteiger charge is 2.17. The highest BCUT2D eigenvalue weighted by atomic mass is 79.9. The van der Waals surface area contributed by atoms with Gasteiger partial charge < -0.3 is 20.5 Å². The molecule has 0 heterocycles. The van der Waals surface area contributed by atoms with Crippen molar-refractivity contribution in [2.75, 3.05) is 19.0 Å². The molecule has 0 spiro atoms. The maximum absolute atomic E-state index is 12.8. The standard InChI is InChI=1S/C22H26Br2N2O3/c1-29-20-10-15(7-8-19(20)27)22(28)26-21-16(9-17(23)11-18(21)24)13-25-12-14-5-3-2-4-6-14/h7-11,14,25,27H,2-6,12-13H2,1H3,(H,26,28). The van der Waals surface area contributed by atoms with Gasteiger partial charge in [0.15, 0.2) is 11.5 Å². The molecular weight excluding hydrogens is 500 g/mol. The van der Waals surface area contributed by atoms with Gasteiger partial charge in [-0.2, -0.15) is 0 Å². The minimum absolute atomic E-state index is 0.00136. The van der Waals surface area contributed by atoms with Crippen LogP contribution in [0.25, 0.3) is 0 Å². The Kier molecular flexibility index (Phi) is 7.98. The second-order valence-electron chi connectivity index (χ2n) is 7.40. The van der Waals surface area contributed by atoms with Gasteiger partial charge >= 0.3 is 0 Å². The first-order valence-corrected chi connectivity index (χ1v) is 11.4. The summed E-state index contributed by atoms with van der Waals surface area (Å²) in [7, 11) is 1.46. The van der Waals surface area contributed by atoms with Crippen LogP contribution in [0.5, 0.6) is 11.5 Å². The molecule has 0 radical (unpaired) electrons. The smallest absolute Gasteiger partial charge is 0.255 e. The number of methoxy groups -OCH3 is 1. The lowest BCUT2D eigenvalue weighted by Gasteiger charge is -2.22. The quantitative estimate of drug-likeness (QED) is 0.424. The topological polar surface area (TPSA) is 70.6 Å². The van der Waals surface area contributed by atoms with E-state index < -0.39 is 0 Å². The fraction of sp³-hybridized carbons (Fsp3) is 0.409. The molecule has 1 saturated carbocycles. The molecule has 156 valence electrons. The second-order valence-corrected chi connectivity index (χ2v) is 9.17. The van der Waals surface area contributed by atoms with Gasteiger partial charge in [0.2, 0.25) is 0 Å².